The Labute approximate surface area is 263 Å². The van der Waals surface area contributed by atoms with Gasteiger partial charge < -0.3 is 24.8 Å². The lowest BCUT2D eigenvalue weighted by atomic mass is 9.93. The maximum absolute atomic E-state index is 14.7. The van der Waals surface area contributed by atoms with E-state index in [9.17, 15) is 71.8 Å². The number of nitrogens with one attached hydrogen (secondary N) is 1. The number of carbonyl (C=O) groups is 2. The van der Waals surface area contributed by atoms with Crippen molar-refractivity contribution in [2.45, 2.75) is 62.2 Å². The molecular weight excluding hydrogens is 691 g/mol. The Hall–Kier alpha value is -3.97. The van der Waals surface area contributed by atoms with Crippen LogP contribution < -0.4 is 10.1 Å². The number of amides is 2. The largest absolute Gasteiger partial charge is 0.492 e. The zero-order valence-electron chi connectivity index (χ0n) is 24.7. The van der Waals surface area contributed by atoms with E-state index in [1.165, 1.54) is 55.5 Å². The maximum atomic E-state index is 14.7. The number of nitrogens with zero attached hydrogens (tertiary/aromatic N) is 1. The Morgan fingerprint density at radius 1 is 0.812 bits per heavy atom. The predicted octanol–water partition coefficient (Wildman–Crippen LogP) is 7.68. The SMILES string of the molecule is CCOC(Cc1ccc(OCCN(CC(F)(F)C(F)(F)C(F)(F)C(F)(F)C(F)(F)C(F)(F)F)C(=O)Nc2ccccc2C)cc1)C(=O)O. The van der Waals surface area contributed by atoms with Gasteiger partial charge in [0, 0.05) is 18.7 Å². The lowest BCUT2D eigenvalue weighted by molar-refractivity contribution is -0.439. The summed E-state index contributed by atoms with van der Waals surface area (Å²) in [5.41, 5.74) is 0.542. The van der Waals surface area contributed by atoms with E-state index in [1.807, 2.05) is 5.32 Å². The standard InChI is InChI=1S/C28H27F13N2O5/c1-3-47-20(21(44)45)14-17-8-10-18(11-9-17)48-13-12-43(22(46)42-19-7-5-4-6-16(19)2)15-23(29,30)24(31,32)25(33,34)26(35,36)27(37,38)28(39,40)41/h4-11,20H,3,12-15H2,1-2H3,(H,42,46)(H,44,45). The van der Waals surface area contributed by atoms with Crippen molar-refractivity contribution in [2.75, 3.05) is 31.6 Å². The summed E-state index contributed by atoms with van der Waals surface area (Å²) in [4.78, 5) is 23.8. The molecule has 0 aliphatic rings. The molecule has 0 saturated carbocycles. The van der Waals surface area contributed by atoms with Crippen LogP contribution in [0.4, 0.5) is 67.6 Å². The number of carboxylic acid groups (broad SMARTS) is 1. The molecule has 2 rings (SSSR count). The molecule has 2 N–H and O–H groups in total. The van der Waals surface area contributed by atoms with Gasteiger partial charge in [-0.2, -0.15) is 57.1 Å². The van der Waals surface area contributed by atoms with E-state index in [-0.39, 0.29) is 34.9 Å². The second-order valence-electron chi connectivity index (χ2n) is 10.1. The van der Waals surface area contributed by atoms with Gasteiger partial charge in [-0.15, -0.1) is 0 Å². The van der Waals surface area contributed by atoms with Gasteiger partial charge in [0.1, 0.15) is 12.4 Å². The molecule has 48 heavy (non-hydrogen) atoms. The molecule has 0 saturated heterocycles. The third kappa shape index (κ3) is 8.35. The predicted molar refractivity (Wildman–Crippen MR) is 141 cm³/mol. The van der Waals surface area contributed by atoms with Gasteiger partial charge in [0.2, 0.25) is 0 Å². The number of hydrogen-bond acceptors (Lipinski definition) is 4. The van der Waals surface area contributed by atoms with Crippen molar-refractivity contribution in [3.05, 3.63) is 59.7 Å². The van der Waals surface area contributed by atoms with E-state index in [0.29, 0.717) is 5.56 Å². The number of anilines is 1. The van der Waals surface area contributed by atoms with Crippen LogP contribution >= 0.6 is 0 Å². The van der Waals surface area contributed by atoms with Gasteiger partial charge >= 0.3 is 47.8 Å². The number of halogens is 13. The van der Waals surface area contributed by atoms with Crippen molar-refractivity contribution in [1.29, 1.82) is 0 Å². The molecule has 1 unspecified atom stereocenters. The van der Waals surface area contributed by atoms with Crippen molar-refractivity contribution < 1.29 is 81.2 Å². The fourth-order valence-corrected chi connectivity index (χ4v) is 3.93. The second-order valence-corrected chi connectivity index (χ2v) is 10.1. The van der Waals surface area contributed by atoms with Crippen LogP contribution in [0.25, 0.3) is 0 Å². The first-order valence-corrected chi connectivity index (χ1v) is 13.5. The minimum absolute atomic E-state index is 0.0805. The number of aryl methyl sites for hydroxylation is 1. The van der Waals surface area contributed by atoms with Gasteiger partial charge in [-0.3, -0.25) is 0 Å². The van der Waals surface area contributed by atoms with Crippen LogP contribution in [0.15, 0.2) is 48.5 Å². The highest BCUT2D eigenvalue weighted by atomic mass is 19.4. The van der Waals surface area contributed by atoms with Gasteiger partial charge in [-0.1, -0.05) is 30.3 Å². The number of carboxylic acids is 1. The lowest BCUT2D eigenvalue weighted by Gasteiger charge is -2.40. The molecule has 1 atom stereocenters. The molecule has 0 bridgehead atoms. The van der Waals surface area contributed by atoms with Gasteiger partial charge in [0.05, 0.1) is 13.1 Å². The summed E-state index contributed by atoms with van der Waals surface area (Å²) in [6.07, 6.45) is -8.87. The summed E-state index contributed by atoms with van der Waals surface area (Å²) in [6.45, 7) is -1.93. The molecule has 0 aliphatic carbocycles. The molecule has 0 fully saturated rings. The number of benzene rings is 2. The molecule has 7 nitrogen and oxygen atoms in total. The zero-order valence-corrected chi connectivity index (χ0v) is 24.7. The van der Waals surface area contributed by atoms with Crippen LogP contribution in [0.3, 0.4) is 0 Å². The van der Waals surface area contributed by atoms with Crippen molar-refractivity contribution in [3.63, 3.8) is 0 Å². The molecule has 2 amide bonds. The number of carbonyl (C=O) groups excluding carboxylic acids is 1. The molecule has 0 aromatic heterocycles. The Morgan fingerprint density at radius 3 is 1.85 bits per heavy atom. The summed E-state index contributed by atoms with van der Waals surface area (Å²) >= 11 is 0. The summed E-state index contributed by atoms with van der Waals surface area (Å²) in [6, 6.07) is 8.75. The third-order valence-electron chi connectivity index (χ3n) is 6.68. The highest BCUT2D eigenvalue weighted by molar-refractivity contribution is 5.90. The van der Waals surface area contributed by atoms with Gasteiger partial charge in [-0.05, 0) is 43.2 Å². The first kappa shape index (κ1) is 40.2. The normalized spacial score (nSPS) is 14.0. The molecule has 20 heteroatoms. The minimum atomic E-state index is -8.08. The first-order valence-electron chi connectivity index (χ1n) is 13.5. The molecule has 2 aromatic carbocycles. The fourth-order valence-electron chi connectivity index (χ4n) is 3.93. The molecule has 0 radical (unpaired) electrons. The maximum Gasteiger partial charge on any atom is 0.460 e. The minimum Gasteiger partial charge on any atom is -0.492 e. The molecule has 0 heterocycles. The van der Waals surface area contributed by atoms with Crippen molar-refractivity contribution in [1.82, 2.24) is 4.90 Å². The number of para-hydroxylation sites is 1. The van der Waals surface area contributed by atoms with Crippen LogP contribution in [-0.2, 0) is 16.0 Å². The average Bonchev–Trinajstić information content (AvgIpc) is 2.97. The summed E-state index contributed by atoms with van der Waals surface area (Å²) < 4.78 is 188. The van der Waals surface area contributed by atoms with Crippen LogP contribution in [0, 0.1) is 6.92 Å². The van der Waals surface area contributed by atoms with Gasteiger partial charge in [-0.25, -0.2) is 9.59 Å². The van der Waals surface area contributed by atoms with Crippen LogP contribution in [0.5, 0.6) is 5.75 Å². The average molecular weight is 719 g/mol. The topological polar surface area (TPSA) is 88.1 Å². The number of ether oxygens (including phenoxy) is 2. The van der Waals surface area contributed by atoms with Gasteiger partial charge in [0.25, 0.3) is 0 Å². The lowest BCUT2D eigenvalue weighted by Crippen LogP contribution is -2.71. The van der Waals surface area contributed by atoms with E-state index in [2.05, 4.69) is 0 Å². The van der Waals surface area contributed by atoms with Gasteiger partial charge in [0.15, 0.2) is 6.10 Å². The quantitative estimate of drug-likeness (QED) is 0.174. The van der Waals surface area contributed by atoms with Crippen LogP contribution in [0.1, 0.15) is 18.1 Å². The van der Waals surface area contributed by atoms with E-state index in [0.717, 1.165) is 0 Å². The molecule has 0 aliphatic heterocycles. The van der Waals surface area contributed by atoms with Crippen LogP contribution in [0.2, 0.25) is 0 Å². The molecule has 2 aromatic rings. The molecular formula is C28H27F13N2O5. The van der Waals surface area contributed by atoms with E-state index in [1.54, 1.807) is 6.92 Å². The summed E-state index contributed by atoms with van der Waals surface area (Å²) in [5.74, 6) is -39.5. The molecule has 270 valence electrons. The number of rotatable bonds is 16. The van der Waals surface area contributed by atoms with Crippen molar-refractivity contribution >= 4 is 17.7 Å². The molecule has 0 spiro atoms. The smallest absolute Gasteiger partial charge is 0.460 e. The van der Waals surface area contributed by atoms with Crippen molar-refractivity contribution in [3.8, 4) is 5.75 Å². The van der Waals surface area contributed by atoms with E-state index >= 15 is 0 Å². The summed E-state index contributed by atoms with van der Waals surface area (Å²) in [5, 5.41) is 11.2. The highest BCUT2D eigenvalue weighted by Gasteiger charge is 2.90. The number of aliphatic carboxylic acids is 1. The Bertz CT molecular complexity index is 1400. The van der Waals surface area contributed by atoms with E-state index in [4.69, 9.17) is 9.47 Å². The number of urea groups is 1. The highest BCUT2D eigenvalue weighted by Crippen LogP contribution is 2.60. The fraction of sp³-hybridized carbons (Fsp3) is 0.500. The van der Waals surface area contributed by atoms with E-state index < -0.39 is 73.6 Å². The summed E-state index contributed by atoms with van der Waals surface area (Å²) in [7, 11) is 0. The Kier molecular flexibility index (Phi) is 12.3. The van der Waals surface area contributed by atoms with Crippen molar-refractivity contribution in [2.24, 2.45) is 0 Å². The number of hydrogen-bond donors (Lipinski definition) is 2. The first-order chi connectivity index (χ1) is 21.8. The van der Waals surface area contributed by atoms with Crippen LogP contribution in [-0.4, -0.2) is 90.2 Å². The zero-order chi connectivity index (χ0) is 36.9. The number of alkyl halides is 13. The monoisotopic (exact) mass is 718 g/mol. The Balaban J connectivity index is 2.35. The second kappa shape index (κ2) is 14.7. The Morgan fingerprint density at radius 2 is 1.35 bits per heavy atom. The third-order valence-corrected chi connectivity index (χ3v) is 6.68.